The first kappa shape index (κ1) is 28.8. The van der Waals surface area contributed by atoms with Gasteiger partial charge in [-0.1, -0.05) is 28.9 Å². The van der Waals surface area contributed by atoms with Gasteiger partial charge in [-0.25, -0.2) is 23.2 Å². The maximum absolute atomic E-state index is 14.1. The summed E-state index contributed by atoms with van der Waals surface area (Å²) in [6, 6.07) is 5.01. The quantitative estimate of drug-likeness (QED) is 0.351. The van der Waals surface area contributed by atoms with Crippen LogP contribution in [0.15, 0.2) is 41.2 Å². The first-order valence-electron chi connectivity index (χ1n) is 12.0. The van der Waals surface area contributed by atoms with Crippen LogP contribution in [0.2, 0.25) is 5.02 Å². The van der Waals surface area contributed by atoms with Crippen molar-refractivity contribution in [2.24, 2.45) is 0 Å². The van der Waals surface area contributed by atoms with Crippen molar-refractivity contribution in [2.75, 3.05) is 32.1 Å². The number of anilines is 1. The van der Waals surface area contributed by atoms with Crippen LogP contribution in [0.1, 0.15) is 45.0 Å². The van der Waals surface area contributed by atoms with E-state index in [0.29, 0.717) is 21.7 Å². The predicted molar refractivity (Wildman–Crippen MR) is 138 cm³/mol. The standard InChI is InChI=1S/C25H26ClF2N7O5/c1-13-8-16(4-5-17(13)26)21(32-22(36)20-14(2)33-40-34-20)23(37)31-19-9-15(6-7-29-19)18(10-39-3)35-12-25(27,28)11-30-24(35)38/h4-9,18,21H,10-12H2,1-3H3,(H,30,38)(H,32,36)(H,29,31,37)/t18-,21+/m1/s1. The van der Waals surface area contributed by atoms with Gasteiger partial charge in [0.15, 0.2) is 5.69 Å². The molecule has 1 aromatic carbocycles. The summed E-state index contributed by atoms with van der Waals surface area (Å²) in [6.45, 7) is 1.61. The lowest BCUT2D eigenvalue weighted by atomic mass is 10.0. The molecule has 212 valence electrons. The van der Waals surface area contributed by atoms with Crippen molar-refractivity contribution in [1.82, 2.24) is 30.8 Å². The van der Waals surface area contributed by atoms with Crippen LogP contribution < -0.4 is 16.0 Å². The Morgan fingerprint density at radius 3 is 2.67 bits per heavy atom. The van der Waals surface area contributed by atoms with Crippen molar-refractivity contribution in [3.05, 3.63) is 69.6 Å². The van der Waals surface area contributed by atoms with E-state index in [-0.39, 0.29) is 23.8 Å². The molecule has 15 heteroatoms. The Kier molecular flexibility index (Phi) is 8.59. The molecule has 0 saturated carbocycles. The molecule has 4 amide bonds. The van der Waals surface area contributed by atoms with E-state index < -0.39 is 48.9 Å². The highest BCUT2D eigenvalue weighted by atomic mass is 35.5. The average Bonchev–Trinajstić information content (AvgIpc) is 3.35. The van der Waals surface area contributed by atoms with Crippen molar-refractivity contribution in [2.45, 2.75) is 31.9 Å². The zero-order valence-corrected chi connectivity index (χ0v) is 22.5. The number of urea groups is 1. The second kappa shape index (κ2) is 11.9. The average molecular weight is 578 g/mol. The Morgan fingerprint density at radius 1 is 1.23 bits per heavy atom. The molecule has 0 aliphatic carbocycles. The smallest absolute Gasteiger partial charge is 0.318 e. The van der Waals surface area contributed by atoms with E-state index in [2.05, 4.69) is 35.9 Å². The van der Waals surface area contributed by atoms with Gasteiger partial charge in [-0.2, -0.15) is 0 Å². The molecule has 1 saturated heterocycles. The second-order valence-electron chi connectivity index (χ2n) is 9.19. The van der Waals surface area contributed by atoms with Crippen molar-refractivity contribution in [3.8, 4) is 0 Å². The first-order valence-corrected chi connectivity index (χ1v) is 12.4. The molecule has 2 aromatic heterocycles. The monoisotopic (exact) mass is 577 g/mol. The van der Waals surface area contributed by atoms with E-state index in [1.54, 1.807) is 25.1 Å². The van der Waals surface area contributed by atoms with Crippen LogP contribution in [0.5, 0.6) is 0 Å². The zero-order valence-electron chi connectivity index (χ0n) is 21.7. The summed E-state index contributed by atoms with van der Waals surface area (Å²) in [4.78, 5) is 43.9. The normalized spacial score (nSPS) is 16.1. The van der Waals surface area contributed by atoms with Crippen LogP contribution >= 0.6 is 11.6 Å². The Labute approximate surface area is 232 Å². The van der Waals surface area contributed by atoms with Crippen molar-refractivity contribution < 1.29 is 32.5 Å². The Bertz CT molecular complexity index is 1420. The number of benzene rings is 1. The number of alkyl halides is 2. The number of methoxy groups -OCH3 is 1. The maximum Gasteiger partial charge on any atom is 0.318 e. The lowest BCUT2D eigenvalue weighted by Crippen LogP contribution is -2.58. The molecule has 1 fully saturated rings. The van der Waals surface area contributed by atoms with Gasteiger partial charge in [-0.15, -0.1) is 0 Å². The number of halogens is 3. The molecule has 4 rings (SSSR count). The second-order valence-corrected chi connectivity index (χ2v) is 9.60. The third-order valence-electron chi connectivity index (χ3n) is 6.20. The summed E-state index contributed by atoms with van der Waals surface area (Å²) in [5.41, 5.74) is 1.62. The number of rotatable bonds is 9. The molecule has 3 heterocycles. The highest BCUT2D eigenvalue weighted by Gasteiger charge is 2.42. The van der Waals surface area contributed by atoms with Crippen LogP contribution in [-0.4, -0.2) is 70.8 Å². The summed E-state index contributed by atoms with van der Waals surface area (Å²) < 4.78 is 38.0. The summed E-state index contributed by atoms with van der Waals surface area (Å²) in [7, 11) is 1.38. The summed E-state index contributed by atoms with van der Waals surface area (Å²) in [6.07, 6.45) is 1.36. The fraction of sp³-hybridized carbons (Fsp3) is 0.360. The van der Waals surface area contributed by atoms with Gasteiger partial charge in [0, 0.05) is 18.3 Å². The lowest BCUT2D eigenvalue weighted by molar-refractivity contribution is -0.118. The van der Waals surface area contributed by atoms with Crippen LogP contribution in [0, 0.1) is 13.8 Å². The fourth-order valence-electron chi connectivity index (χ4n) is 4.16. The third-order valence-corrected chi connectivity index (χ3v) is 6.63. The van der Waals surface area contributed by atoms with Crippen molar-refractivity contribution in [1.29, 1.82) is 0 Å². The molecule has 0 bridgehead atoms. The number of aryl methyl sites for hydroxylation is 2. The van der Waals surface area contributed by atoms with Gasteiger partial charge in [0.1, 0.15) is 17.6 Å². The molecule has 3 N–H and O–H groups in total. The van der Waals surface area contributed by atoms with E-state index in [1.165, 1.54) is 32.4 Å². The minimum absolute atomic E-state index is 0.0528. The summed E-state index contributed by atoms with van der Waals surface area (Å²) in [5, 5.41) is 15.1. The minimum Gasteiger partial charge on any atom is -0.382 e. The molecule has 1 aliphatic rings. The van der Waals surface area contributed by atoms with Gasteiger partial charge in [-0.05, 0) is 53.9 Å². The van der Waals surface area contributed by atoms with Crippen LogP contribution in [0.3, 0.4) is 0 Å². The first-order chi connectivity index (χ1) is 19.0. The molecular weight excluding hydrogens is 552 g/mol. The summed E-state index contributed by atoms with van der Waals surface area (Å²) >= 11 is 6.15. The molecule has 0 spiro atoms. The number of amides is 4. The number of carbonyl (C=O) groups excluding carboxylic acids is 3. The van der Waals surface area contributed by atoms with E-state index in [4.69, 9.17) is 16.3 Å². The predicted octanol–water partition coefficient (Wildman–Crippen LogP) is 3.19. The van der Waals surface area contributed by atoms with Crippen LogP contribution in [-0.2, 0) is 9.53 Å². The van der Waals surface area contributed by atoms with Gasteiger partial charge in [-0.3, -0.25) is 9.59 Å². The minimum atomic E-state index is -3.14. The van der Waals surface area contributed by atoms with Gasteiger partial charge >= 0.3 is 6.03 Å². The van der Waals surface area contributed by atoms with E-state index >= 15 is 0 Å². The molecule has 40 heavy (non-hydrogen) atoms. The number of aromatic nitrogens is 3. The number of nitrogens with zero attached hydrogens (tertiary/aromatic N) is 4. The Balaban J connectivity index is 1.61. The molecule has 3 aromatic rings. The number of nitrogens with one attached hydrogen (secondary N) is 3. The van der Waals surface area contributed by atoms with E-state index in [1.807, 2.05) is 0 Å². The van der Waals surface area contributed by atoms with Gasteiger partial charge in [0.2, 0.25) is 0 Å². The highest BCUT2D eigenvalue weighted by Crippen LogP contribution is 2.29. The number of carbonyl (C=O) groups is 3. The van der Waals surface area contributed by atoms with Gasteiger partial charge < -0.3 is 25.6 Å². The SMILES string of the molecule is COC[C@H](c1ccnc(NC(=O)[C@@H](NC(=O)c2nonc2C)c2ccc(Cl)c(C)c2)c1)N1CC(F)(F)CNC1=O. The van der Waals surface area contributed by atoms with Crippen LogP contribution in [0.4, 0.5) is 19.4 Å². The fourth-order valence-corrected chi connectivity index (χ4v) is 4.28. The van der Waals surface area contributed by atoms with E-state index in [0.717, 1.165) is 4.90 Å². The number of hydrogen-bond acceptors (Lipinski definition) is 8. The maximum atomic E-state index is 14.1. The van der Waals surface area contributed by atoms with E-state index in [9.17, 15) is 23.2 Å². The van der Waals surface area contributed by atoms with Gasteiger partial charge in [0.05, 0.1) is 25.7 Å². The van der Waals surface area contributed by atoms with Crippen molar-refractivity contribution in [3.63, 3.8) is 0 Å². The lowest BCUT2D eigenvalue weighted by Gasteiger charge is -2.38. The number of ether oxygens (including phenoxy) is 1. The molecule has 2 atom stereocenters. The highest BCUT2D eigenvalue weighted by molar-refractivity contribution is 6.31. The Hall–Kier alpha value is -4.17. The molecule has 0 radical (unpaired) electrons. The largest absolute Gasteiger partial charge is 0.382 e. The molecule has 1 aliphatic heterocycles. The van der Waals surface area contributed by atoms with Crippen LogP contribution in [0.25, 0.3) is 0 Å². The summed E-state index contributed by atoms with van der Waals surface area (Å²) in [5.74, 6) is -4.45. The van der Waals surface area contributed by atoms with Crippen molar-refractivity contribution >= 4 is 35.3 Å². The Morgan fingerprint density at radius 2 is 2.00 bits per heavy atom. The number of pyridine rings is 1. The zero-order chi connectivity index (χ0) is 29.0. The topological polar surface area (TPSA) is 152 Å². The molecule has 12 nitrogen and oxygen atoms in total. The third kappa shape index (κ3) is 6.51. The van der Waals surface area contributed by atoms with Gasteiger partial charge in [0.25, 0.3) is 17.7 Å². The number of hydrogen-bond donors (Lipinski definition) is 3. The molecular formula is C25H26ClF2N7O5. The molecule has 0 unspecified atom stereocenters.